The van der Waals surface area contributed by atoms with E-state index in [0.717, 1.165) is 30.3 Å². The average Bonchev–Trinajstić information content (AvgIpc) is 2.75. The Kier molecular flexibility index (Phi) is 4.04. The SMILES string of the molecule is CC(C)Cn1ncnc1CN(C)c1cccc(N)c1. The highest BCUT2D eigenvalue weighted by atomic mass is 15.3. The van der Waals surface area contributed by atoms with Crippen molar-refractivity contribution in [2.24, 2.45) is 5.92 Å². The van der Waals surface area contributed by atoms with E-state index in [-0.39, 0.29) is 0 Å². The van der Waals surface area contributed by atoms with Crippen LogP contribution in [0.15, 0.2) is 30.6 Å². The summed E-state index contributed by atoms with van der Waals surface area (Å²) < 4.78 is 1.97. The van der Waals surface area contributed by atoms with Crippen molar-refractivity contribution in [3.05, 3.63) is 36.4 Å². The second kappa shape index (κ2) is 5.73. The Balaban J connectivity index is 2.10. The summed E-state index contributed by atoms with van der Waals surface area (Å²) in [6.45, 7) is 5.95. The van der Waals surface area contributed by atoms with Gasteiger partial charge >= 0.3 is 0 Å². The van der Waals surface area contributed by atoms with E-state index in [2.05, 4.69) is 28.8 Å². The van der Waals surface area contributed by atoms with Gasteiger partial charge in [-0.15, -0.1) is 0 Å². The molecular weight excluding hydrogens is 238 g/mol. The second-order valence-electron chi connectivity index (χ2n) is 5.20. The number of nitrogen functional groups attached to an aromatic ring is 1. The van der Waals surface area contributed by atoms with Crippen LogP contribution in [0.4, 0.5) is 11.4 Å². The maximum Gasteiger partial charge on any atom is 0.146 e. The Labute approximate surface area is 114 Å². The van der Waals surface area contributed by atoms with E-state index in [1.807, 2.05) is 36.0 Å². The first-order valence-electron chi connectivity index (χ1n) is 6.49. The van der Waals surface area contributed by atoms with Crippen LogP contribution in [0.3, 0.4) is 0 Å². The summed E-state index contributed by atoms with van der Waals surface area (Å²) in [6.07, 6.45) is 1.62. The van der Waals surface area contributed by atoms with Crippen LogP contribution in [0.25, 0.3) is 0 Å². The Morgan fingerprint density at radius 2 is 2.16 bits per heavy atom. The average molecular weight is 259 g/mol. The van der Waals surface area contributed by atoms with E-state index in [1.165, 1.54) is 0 Å². The molecule has 2 aromatic rings. The molecule has 1 heterocycles. The highest BCUT2D eigenvalue weighted by Crippen LogP contribution is 2.17. The fraction of sp³-hybridized carbons (Fsp3) is 0.429. The van der Waals surface area contributed by atoms with Crippen LogP contribution in [0, 0.1) is 5.92 Å². The molecule has 0 spiro atoms. The minimum Gasteiger partial charge on any atom is -0.399 e. The molecular formula is C14H21N5. The summed E-state index contributed by atoms with van der Waals surface area (Å²) in [4.78, 5) is 6.46. The molecule has 5 nitrogen and oxygen atoms in total. The lowest BCUT2D eigenvalue weighted by molar-refractivity contribution is 0.465. The fourth-order valence-corrected chi connectivity index (χ4v) is 1.97. The summed E-state index contributed by atoms with van der Waals surface area (Å²) in [5.74, 6) is 1.52. The first-order valence-corrected chi connectivity index (χ1v) is 6.49. The van der Waals surface area contributed by atoms with Crippen LogP contribution in [-0.2, 0) is 13.1 Å². The van der Waals surface area contributed by atoms with Gasteiger partial charge in [-0.2, -0.15) is 5.10 Å². The highest BCUT2D eigenvalue weighted by Gasteiger charge is 2.09. The number of anilines is 2. The largest absolute Gasteiger partial charge is 0.399 e. The fourth-order valence-electron chi connectivity index (χ4n) is 1.97. The molecule has 0 aliphatic rings. The summed E-state index contributed by atoms with van der Waals surface area (Å²) in [5, 5.41) is 4.27. The molecule has 0 unspecified atom stereocenters. The quantitative estimate of drug-likeness (QED) is 0.836. The van der Waals surface area contributed by atoms with Gasteiger partial charge in [0.1, 0.15) is 12.2 Å². The third-order valence-corrected chi connectivity index (χ3v) is 2.92. The van der Waals surface area contributed by atoms with E-state index >= 15 is 0 Å². The molecule has 0 fully saturated rings. The van der Waals surface area contributed by atoms with E-state index in [0.29, 0.717) is 5.92 Å². The molecule has 19 heavy (non-hydrogen) atoms. The van der Waals surface area contributed by atoms with Gasteiger partial charge in [0.25, 0.3) is 0 Å². The molecule has 2 N–H and O–H groups in total. The Bertz CT molecular complexity index is 532. The van der Waals surface area contributed by atoms with Crippen LogP contribution in [0.5, 0.6) is 0 Å². The van der Waals surface area contributed by atoms with Gasteiger partial charge in [0, 0.05) is 25.0 Å². The lowest BCUT2D eigenvalue weighted by Gasteiger charge is -2.19. The van der Waals surface area contributed by atoms with Crippen molar-refractivity contribution in [2.45, 2.75) is 26.9 Å². The van der Waals surface area contributed by atoms with Crippen LogP contribution in [-0.4, -0.2) is 21.8 Å². The lowest BCUT2D eigenvalue weighted by atomic mass is 10.2. The van der Waals surface area contributed by atoms with Gasteiger partial charge in [-0.25, -0.2) is 9.67 Å². The monoisotopic (exact) mass is 259 g/mol. The van der Waals surface area contributed by atoms with E-state index in [1.54, 1.807) is 6.33 Å². The molecule has 2 rings (SSSR count). The predicted octanol–water partition coefficient (Wildman–Crippen LogP) is 2.15. The van der Waals surface area contributed by atoms with E-state index < -0.39 is 0 Å². The second-order valence-corrected chi connectivity index (χ2v) is 5.20. The Morgan fingerprint density at radius 1 is 1.37 bits per heavy atom. The smallest absolute Gasteiger partial charge is 0.146 e. The van der Waals surface area contributed by atoms with Gasteiger partial charge in [0.05, 0.1) is 6.54 Å². The maximum absolute atomic E-state index is 5.81. The normalized spacial score (nSPS) is 10.9. The van der Waals surface area contributed by atoms with Gasteiger partial charge in [-0.05, 0) is 24.1 Å². The van der Waals surface area contributed by atoms with Crippen LogP contribution >= 0.6 is 0 Å². The molecule has 0 amide bonds. The molecule has 0 aliphatic carbocycles. The molecule has 1 aromatic carbocycles. The summed E-state index contributed by atoms with van der Waals surface area (Å²) in [7, 11) is 2.03. The van der Waals surface area contributed by atoms with E-state index in [4.69, 9.17) is 5.73 Å². The van der Waals surface area contributed by atoms with Crippen molar-refractivity contribution in [1.29, 1.82) is 0 Å². The summed E-state index contributed by atoms with van der Waals surface area (Å²) >= 11 is 0. The lowest BCUT2D eigenvalue weighted by Crippen LogP contribution is -2.21. The standard InChI is InChI=1S/C14H21N5/c1-11(2)8-19-14(16-10-17-19)9-18(3)13-6-4-5-12(15)7-13/h4-7,10-11H,8-9,15H2,1-3H3. The van der Waals surface area contributed by atoms with Crippen molar-refractivity contribution in [2.75, 3.05) is 17.7 Å². The summed E-state index contributed by atoms with van der Waals surface area (Å²) in [6, 6.07) is 7.85. The van der Waals surface area contributed by atoms with Crippen LogP contribution in [0.1, 0.15) is 19.7 Å². The molecule has 102 valence electrons. The van der Waals surface area contributed by atoms with Gasteiger partial charge in [0.2, 0.25) is 0 Å². The number of nitrogens with two attached hydrogens (primary N) is 1. The molecule has 0 atom stereocenters. The summed E-state index contributed by atoms with van der Waals surface area (Å²) in [5.41, 5.74) is 7.66. The third-order valence-electron chi connectivity index (χ3n) is 2.92. The van der Waals surface area contributed by atoms with Crippen LogP contribution in [0.2, 0.25) is 0 Å². The highest BCUT2D eigenvalue weighted by molar-refractivity contribution is 5.55. The first-order chi connectivity index (χ1) is 9.06. The number of benzene rings is 1. The molecule has 0 saturated carbocycles. The Morgan fingerprint density at radius 3 is 2.84 bits per heavy atom. The first kappa shape index (κ1) is 13.4. The van der Waals surface area contributed by atoms with Crippen molar-refractivity contribution in [3.8, 4) is 0 Å². The molecule has 0 bridgehead atoms. The molecule has 0 radical (unpaired) electrons. The number of hydrogen-bond donors (Lipinski definition) is 1. The molecule has 1 aromatic heterocycles. The molecule has 0 aliphatic heterocycles. The zero-order valence-corrected chi connectivity index (χ0v) is 11.7. The van der Waals surface area contributed by atoms with E-state index in [9.17, 15) is 0 Å². The predicted molar refractivity (Wildman–Crippen MR) is 77.8 cm³/mol. The zero-order chi connectivity index (χ0) is 13.8. The maximum atomic E-state index is 5.81. The number of aromatic nitrogens is 3. The van der Waals surface area contributed by atoms with Crippen molar-refractivity contribution < 1.29 is 0 Å². The third kappa shape index (κ3) is 3.47. The Hall–Kier alpha value is -2.04. The molecule has 0 saturated heterocycles. The van der Waals surface area contributed by atoms with Crippen molar-refractivity contribution >= 4 is 11.4 Å². The van der Waals surface area contributed by atoms with Crippen molar-refractivity contribution in [3.63, 3.8) is 0 Å². The minimum atomic E-state index is 0.554. The topological polar surface area (TPSA) is 60.0 Å². The number of hydrogen-bond acceptors (Lipinski definition) is 4. The zero-order valence-electron chi connectivity index (χ0n) is 11.7. The van der Waals surface area contributed by atoms with Crippen molar-refractivity contribution in [1.82, 2.24) is 14.8 Å². The number of rotatable bonds is 5. The van der Waals surface area contributed by atoms with Gasteiger partial charge < -0.3 is 10.6 Å². The molecule has 5 heteroatoms. The van der Waals surface area contributed by atoms with Gasteiger partial charge in [-0.1, -0.05) is 19.9 Å². The van der Waals surface area contributed by atoms with Crippen LogP contribution < -0.4 is 10.6 Å². The minimum absolute atomic E-state index is 0.554. The van der Waals surface area contributed by atoms with Gasteiger partial charge in [-0.3, -0.25) is 0 Å². The van der Waals surface area contributed by atoms with Gasteiger partial charge in [0.15, 0.2) is 0 Å². The number of nitrogens with zero attached hydrogens (tertiary/aromatic N) is 4.